The number of aliphatic hydroxyl groups excluding tert-OH is 1. The van der Waals surface area contributed by atoms with E-state index in [-0.39, 0.29) is 12.5 Å². The summed E-state index contributed by atoms with van der Waals surface area (Å²) in [5, 5.41) is 16.0. The van der Waals surface area contributed by atoms with Gasteiger partial charge >= 0.3 is 0 Å². The molecule has 3 aromatic carbocycles. The minimum atomic E-state index is -0.574. The van der Waals surface area contributed by atoms with Crippen molar-refractivity contribution in [2.45, 2.75) is 39.0 Å². The standard InChI is InChI=1S/C32H36N4O4/c1-21-15-23(16-22-9-7-10-24(17-22)32(39)34-13-5-3-4-6-14-37)18-27-29(21)35-20-28(31(33)38)30(27)36-25-11-8-12-26(19-25)40-2/h7-12,15,17-20,37H,3-6,13-14,16H2,1-2H3,(H2,33,38)(H,34,39)(H,35,36). The van der Waals surface area contributed by atoms with Crippen LogP contribution in [0.1, 0.15) is 63.1 Å². The van der Waals surface area contributed by atoms with Crippen molar-refractivity contribution in [2.75, 3.05) is 25.6 Å². The lowest BCUT2D eigenvalue weighted by atomic mass is 9.97. The number of aryl methyl sites for hydroxylation is 1. The lowest BCUT2D eigenvalue weighted by Crippen LogP contribution is -2.24. The number of aromatic nitrogens is 1. The Balaban J connectivity index is 1.60. The normalized spacial score (nSPS) is 10.9. The number of benzene rings is 3. The third-order valence-electron chi connectivity index (χ3n) is 6.79. The molecule has 0 aliphatic rings. The number of carbonyl (C=O) groups excluding carboxylic acids is 2. The van der Waals surface area contributed by atoms with Crippen LogP contribution >= 0.6 is 0 Å². The zero-order valence-corrected chi connectivity index (χ0v) is 23.0. The van der Waals surface area contributed by atoms with Crippen molar-refractivity contribution in [3.63, 3.8) is 0 Å². The highest BCUT2D eigenvalue weighted by atomic mass is 16.5. The Hall–Kier alpha value is -4.43. The van der Waals surface area contributed by atoms with Crippen molar-refractivity contribution < 1.29 is 19.4 Å². The van der Waals surface area contributed by atoms with Crippen LogP contribution in [0.25, 0.3) is 10.9 Å². The maximum Gasteiger partial charge on any atom is 0.252 e. The van der Waals surface area contributed by atoms with Gasteiger partial charge in [0.05, 0.1) is 23.9 Å². The van der Waals surface area contributed by atoms with Crippen molar-refractivity contribution in [3.05, 3.63) is 94.7 Å². The third-order valence-corrected chi connectivity index (χ3v) is 6.79. The first-order valence-electron chi connectivity index (χ1n) is 13.5. The minimum Gasteiger partial charge on any atom is -0.497 e. The monoisotopic (exact) mass is 540 g/mol. The van der Waals surface area contributed by atoms with Crippen LogP contribution in [-0.4, -0.2) is 42.2 Å². The van der Waals surface area contributed by atoms with Gasteiger partial charge in [-0.15, -0.1) is 0 Å². The minimum absolute atomic E-state index is 0.0984. The smallest absolute Gasteiger partial charge is 0.252 e. The molecule has 0 aliphatic carbocycles. The zero-order chi connectivity index (χ0) is 28.5. The summed E-state index contributed by atoms with van der Waals surface area (Å²) in [6, 6.07) is 19.2. The first-order chi connectivity index (χ1) is 19.4. The van der Waals surface area contributed by atoms with E-state index < -0.39 is 5.91 Å². The topological polar surface area (TPSA) is 127 Å². The number of primary amides is 1. The number of hydrogen-bond acceptors (Lipinski definition) is 6. The third kappa shape index (κ3) is 7.15. The number of fused-ring (bicyclic) bond motifs is 1. The molecule has 0 saturated carbocycles. The molecule has 0 spiro atoms. The molecule has 5 N–H and O–H groups in total. The fourth-order valence-corrected chi connectivity index (χ4v) is 4.78. The highest BCUT2D eigenvalue weighted by Crippen LogP contribution is 2.33. The molecule has 0 fully saturated rings. The number of ether oxygens (including phenoxy) is 1. The van der Waals surface area contributed by atoms with E-state index in [0.717, 1.165) is 59.0 Å². The molecule has 0 unspecified atom stereocenters. The maximum atomic E-state index is 12.7. The van der Waals surface area contributed by atoms with E-state index in [1.54, 1.807) is 7.11 Å². The van der Waals surface area contributed by atoms with E-state index in [1.807, 2.05) is 61.5 Å². The summed E-state index contributed by atoms with van der Waals surface area (Å²) in [5.41, 5.74) is 11.7. The molecule has 0 bridgehead atoms. The fraction of sp³-hybridized carbons (Fsp3) is 0.281. The second kappa shape index (κ2) is 13.6. The number of nitrogens with one attached hydrogen (secondary N) is 2. The van der Waals surface area contributed by atoms with Gasteiger partial charge in [-0.3, -0.25) is 14.6 Å². The van der Waals surface area contributed by atoms with E-state index >= 15 is 0 Å². The molecule has 0 atom stereocenters. The van der Waals surface area contributed by atoms with Crippen molar-refractivity contribution in [3.8, 4) is 5.75 Å². The molecular weight excluding hydrogens is 504 g/mol. The number of anilines is 2. The van der Waals surface area contributed by atoms with Gasteiger partial charge in [0.1, 0.15) is 5.75 Å². The van der Waals surface area contributed by atoms with E-state index in [4.69, 9.17) is 15.6 Å². The van der Waals surface area contributed by atoms with E-state index in [2.05, 4.69) is 21.7 Å². The number of nitrogens with two attached hydrogens (primary N) is 1. The number of hydrogen-bond donors (Lipinski definition) is 4. The van der Waals surface area contributed by atoms with Crippen molar-refractivity contribution in [2.24, 2.45) is 5.73 Å². The summed E-state index contributed by atoms with van der Waals surface area (Å²) >= 11 is 0. The van der Waals surface area contributed by atoms with Crippen LogP contribution in [0.2, 0.25) is 0 Å². The second-order valence-corrected chi connectivity index (χ2v) is 9.85. The Morgan fingerprint density at radius 3 is 2.55 bits per heavy atom. The largest absolute Gasteiger partial charge is 0.497 e. The van der Waals surface area contributed by atoms with Gasteiger partial charge in [0, 0.05) is 42.1 Å². The van der Waals surface area contributed by atoms with Crippen LogP contribution in [0, 0.1) is 6.92 Å². The molecule has 0 saturated heterocycles. The van der Waals surface area contributed by atoms with Gasteiger partial charge in [-0.1, -0.05) is 37.1 Å². The number of rotatable bonds is 13. The Morgan fingerprint density at radius 1 is 0.975 bits per heavy atom. The number of carbonyl (C=O) groups is 2. The van der Waals surface area contributed by atoms with Crippen molar-refractivity contribution in [1.82, 2.24) is 10.3 Å². The van der Waals surface area contributed by atoms with Crippen molar-refractivity contribution in [1.29, 1.82) is 0 Å². The summed E-state index contributed by atoms with van der Waals surface area (Å²) in [7, 11) is 1.60. The summed E-state index contributed by atoms with van der Waals surface area (Å²) < 4.78 is 5.35. The molecule has 4 aromatic rings. The number of unbranched alkanes of at least 4 members (excludes halogenated alkanes) is 3. The summed E-state index contributed by atoms with van der Waals surface area (Å²) in [6.45, 7) is 2.80. The quantitative estimate of drug-likeness (QED) is 0.171. The Bertz CT molecular complexity index is 1500. The molecule has 8 nitrogen and oxygen atoms in total. The Kier molecular flexibility index (Phi) is 9.70. The zero-order valence-electron chi connectivity index (χ0n) is 23.0. The second-order valence-electron chi connectivity index (χ2n) is 9.85. The van der Waals surface area contributed by atoms with Crippen LogP contribution in [0.3, 0.4) is 0 Å². The Labute approximate surface area is 234 Å². The van der Waals surface area contributed by atoms with Gasteiger partial charge in [-0.2, -0.15) is 0 Å². The van der Waals surface area contributed by atoms with E-state index in [1.165, 1.54) is 6.20 Å². The van der Waals surface area contributed by atoms with Gasteiger partial charge in [-0.25, -0.2) is 0 Å². The van der Waals surface area contributed by atoms with Gasteiger partial charge in [0.25, 0.3) is 11.8 Å². The molecule has 1 aromatic heterocycles. The molecular formula is C32H36N4O4. The van der Waals surface area contributed by atoms with Crippen LogP contribution in [0.15, 0.2) is 66.9 Å². The number of methoxy groups -OCH3 is 1. The van der Waals surface area contributed by atoms with Crippen molar-refractivity contribution >= 4 is 34.1 Å². The van der Waals surface area contributed by atoms with Crippen LogP contribution in [0.4, 0.5) is 11.4 Å². The van der Waals surface area contributed by atoms with Gasteiger partial charge < -0.3 is 26.2 Å². The molecule has 1 heterocycles. The lowest BCUT2D eigenvalue weighted by molar-refractivity contribution is 0.0951. The Morgan fingerprint density at radius 2 is 1.77 bits per heavy atom. The molecule has 8 heteroatoms. The molecule has 4 rings (SSSR count). The lowest BCUT2D eigenvalue weighted by Gasteiger charge is -2.16. The van der Waals surface area contributed by atoms with E-state index in [0.29, 0.717) is 35.5 Å². The van der Waals surface area contributed by atoms with E-state index in [9.17, 15) is 9.59 Å². The number of aliphatic hydroxyl groups is 1. The summed E-state index contributed by atoms with van der Waals surface area (Å²) in [5.74, 6) is 0.0141. The number of pyridine rings is 1. The molecule has 0 radical (unpaired) electrons. The highest BCUT2D eigenvalue weighted by Gasteiger charge is 2.16. The first-order valence-corrected chi connectivity index (χ1v) is 13.5. The van der Waals surface area contributed by atoms with Gasteiger partial charge in [0.15, 0.2) is 0 Å². The van der Waals surface area contributed by atoms with Crippen LogP contribution < -0.4 is 21.1 Å². The number of amides is 2. The molecule has 0 aliphatic heterocycles. The summed E-state index contributed by atoms with van der Waals surface area (Å²) in [4.78, 5) is 29.6. The van der Waals surface area contributed by atoms with Crippen LogP contribution in [0.5, 0.6) is 5.75 Å². The molecule has 2 amide bonds. The number of nitrogens with zero attached hydrogens (tertiary/aromatic N) is 1. The summed E-state index contributed by atoms with van der Waals surface area (Å²) in [6.07, 6.45) is 5.72. The van der Waals surface area contributed by atoms with Gasteiger partial charge in [-0.05, 0) is 73.2 Å². The average Bonchev–Trinajstić information content (AvgIpc) is 2.95. The highest BCUT2D eigenvalue weighted by molar-refractivity contribution is 6.08. The predicted octanol–water partition coefficient (Wildman–Crippen LogP) is 5.27. The molecule has 208 valence electrons. The average molecular weight is 541 g/mol. The van der Waals surface area contributed by atoms with Gasteiger partial charge in [0.2, 0.25) is 0 Å². The maximum absolute atomic E-state index is 12.7. The fourth-order valence-electron chi connectivity index (χ4n) is 4.78. The molecule has 40 heavy (non-hydrogen) atoms. The predicted molar refractivity (Wildman–Crippen MR) is 158 cm³/mol. The first kappa shape index (κ1) is 28.6. The SMILES string of the molecule is COc1cccc(Nc2c(C(N)=O)cnc3c(C)cc(Cc4cccc(C(=O)NCCCCCCO)c4)cc23)c1. The van der Waals surface area contributed by atoms with Crippen LogP contribution in [-0.2, 0) is 6.42 Å².